The maximum atomic E-state index is 12.7. The number of aromatic nitrogens is 10. The molecule has 0 saturated carbocycles. The molecule has 6 rings (SSSR count). The van der Waals surface area contributed by atoms with Crippen LogP contribution in [0.25, 0.3) is 45.2 Å². The van der Waals surface area contributed by atoms with Crippen LogP contribution in [0.1, 0.15) is 46.8 Å². The summed E-state index contributed by atoms with van der Waals surface area (Å²) >= 11 is 4.97. The van der Waals surface area contributed by atoms with Gasteiger partial charge in [0.2, 0.25) is 5.24 Å². The van der Waals surface area contributed by atoms with Crippen LogP contribution in [0.5, 0.6) is 11.5 Å². The van der Waals surface area contributed by atoms with Crippen molar-refractivity contribution < 1.29 is 28.5 Å². The molecule has 0 saturated heterocycles. The van der Waals surface area contributed by atoms with E-state index in [1.54, 1.807) is 48.6 Å². The Morgan fingerprint density at radius 1 is 0.760 bits per heavy atom. The van der Waals surface area contributed by atoms with Gasteiger partial charge in [-0.05, 0) is 25.4 Å². The SMILES string of the molecule is C.CC(C)C(=O)Cl.Cc1noc(-c2c(O)c3nccnc3n(C)c2=O)n1.Cc1noc(-c2c(OC(=O)C(C)C)c3nccnc3n(C)c2=O)n1. The molecule has 1 N–H and O–H groups in total. The molecule has 264 valence electrons. The summed E-state index contributed by atoms with van der Waals surface area (Å²) in [4.78, 5) is 71.4. The van der Waals surface area contributed by atoms with Crippen molar-refractivity contribution in [3.63, 3.8) is 0 Å². The molecule has 6 aromatic rings. The molecule has 6 aromatic heterocycles. The highest BCUT2D eigenvalue weighted by molar-refractivity contribution is 6.63. The van der Waals surface area contributed by atoms with Gasteiger partial charge in [-0.25, -0.2) is 19.9 Å². The quantitative estimate of drug-likeness (QED) is 0.198. The number of hydrogen-bond donors (Lipinski definition) is 1. The first-order valence-corrected chi connectivity index (χ1v) is 14.9. The standard InChI is InChI=1S/C15H15N5O4.C11H9N5O3.C4H7ClO.CH4/c1-7(2)15(22)23-11-9(13-18-8(3)19-24-13)14(21)20(4)12-10(11)16-5-6-17-12;1-5-14-10(19-15-5)6-8(17)7-9(13-4-3-12-7)16(2)11(6)18;1-3(2)4(5)6;/h5-7H,1-4H3;3-4,17H,1-2H3;3H,1-2H3;1H4. The number of carbonyl (C=O) groups excluding carboxylic acids is 2. The molecular weight excluding hydrogens is 676 g/mol. The molecule has 0 radical (unpaired) electrons. The van der Waals surface area contributed by atoms with Crippen LogP contribution in [0.2, 0.25) is 0 Å². The first-order valence-electron chi connectivity index (χ1n) is 14.5. The van der Waals surface area contributed by atoms with E-state index in [0.29, 0.717) is 11.6 Å². The van der Waals surface area contributed by atoms with Crippen LogP contribution >= 0.6 is 11.6 Å². The number of aryl methyl sites for hydroxylation is 4. The molecule has 50 heavy (non-hydrogen) atoms. The van der Waals surface area contributed by atoms with Crippen LogP contribution in [0.4, 0.5) is 0 Å². The lowest BCUT2D eigenvalue weighted by Crippen LogP contribution is -2.24. The van der Waals surface area contributed by atoms with Crippen molar-refractivity contribution >= 4 is 45.1 Å². The van der Waals surface area contributed by atoms with Crippen molar-refractivity contribution in [2.45, 2.75) is 49.0 Å². The molecular formula is C31H35ClN10O8. The smallest absolute Gasteiger partial charge is 0.313 e. The minimum Gasteiger partial charge on any atom is -0.505 e. The average molecular weight is 711 g/mol. The number of hydrogen-bond acceptors (Lipinski definition) is 16. The van der Waals surface area contributed by atoms with Crippen LogP contribution in [-0.2, 0) is 23.7 Å². The molecule has 0 aliphatic carbocycles. The van der Waals surface area contributed by atoms with Crippen molar-refractivity contribution in [3.05, 3.63) is 57.1 Å². The average Bonchev–Trinajstić information content (AvgIpc) is 3.70. The van der Waals surface area contributed by atoms with Crippen LogP contribution in [-0.4, -0.2) is 65.7 Å². The van der Waals surface area contributed by atoms with Gasteiger partial charge in [-0.15, -0.1) is 0 Å². The maximum absolute atomic E-state index is 12.7. The number of rotatable bonds is 5. The summed E-state index contributed by atoms with van der Waals surface area (Å²) in [5, 5.41) is 17.2. The van der Waals surface area contributed by atoms with Gasteiger partial charge in [0.15, 0.2) is 40.0 Å². The van der Waals surface area contributed by atoms with E-state index in [4.69, 9.17) is 25.4 Å². The van der Waals surface area contributed by atoms with Gasteiger partial charge >= 0.3 is 5.97 Å². The Labute approximate surface area is 289 Å². The number of carbonyl (C=O) groups is 2. The summed E-state index contributed by atoms with van der Waals surface area (Å²) in [5.41, 5.74) is -0.00232. The Balaban J connectivity index is 0.000000233. The zero-order valence-electron chi connectivity index (χ0n) is 27.6. The predicted octanol–water partition coefficient (Wildman–Crippen LogP) is 3.68. The van der Waals surface area contributed by atoms with E-state index in [1.807, 2.05) is 0 Å². The molecule has 19 heteroatoms. The number of pyridine rings is 2. The number of ether oxygens (including phenoxy) is 1. The van der Waals surface area contributed by atoms with E-state index in [2.05, 4.69) is 40.2 Å². The minimum absolute atomic E-state index is 0. The zero-order chi connectivity index (χ0) is 36.2. The van der Waals surface area contributed by atoms with Gasteiger partial charge in [0.05, 0.1) is 5.92 Å². The van der Waals surface area contributed by atoms with E-state index >= 15 is 0 Å². The van der Waals surface area contributed by atoms with Crippen LogP contribution in [0, 0.1) is 25.7 Å². The van der Waals surface area contributed by atoms with Gasteiger partial charge < -0.3 is 18.9 Å². The van der Waals surface area contributed by atoms with Gasteiger partial charge in [-0.3, -0.25) is 28.3 Å². The lowest BCUT2D eigenvalue weighted by molar-refractivity contribution is -0.137. The highest BCUT2D eigenvalue weighted by Gasteiger charge is 2.27. The summed E-state index contributed by atoms with van der Waals surface area (Å²) in [6, 6.07) is 0. The Hall–Kier alpha value is -5.91. The summed E-state index contributed by atoms with van der Waals surface area (Å²) < 4.78 is 18.0. The molecule has 18 nitrogen and oxygen atoms in total. The second-order valence-corrected chi connectivity index (χ2v) is 11.3. The van der Waals surface area contributed by atoms with E-state index in [-0.39, 0.29) is 75.3 Å². The fourth-order valence-corrected chi connectivity index (χ4v) is 3.94. The molecule has 0 bridgehead atoms. The number of aromatic hydroxyl groups is 1. The lowest BCUT2D eigenvalue weighted by atomic mass is 10.2. The molecule has 0 aromatic carbocycles. The normalized spacial score (nSPS) is 10.7. The predicted molar refractivity (Wildman–Crippen MR) is 180 cm³/mol. The molecule has 6 heterocycles. The third-order valence-corrected chi connectivity index (χ3v) is 6.98. The Bertz CT molecular complexity index is 2290. The molecule has 0 fully saturated rings. The highest BCUT2D eigenvalue weighted by atomic mass is 35.5. The first-order chi connectivity index (χ1) is 23.1. The van der Waals surface area contributed by atoms with E-state index in [0.717, 1.165) is 0 Å². The second kappa shape index (κ2) is 16.0. The van der Waals surface area contributed by atoms with Crippen molar-refractivity contribution in [3.8, 4) is 34.4 Å². The maximum Gasteiger partial charge on any atom is 0.313 e. The van der Waals surface area contributed by atoms with E-state index in [9.17, 15) is 24.3 Å². The summed E-state index contributed by atoms with van der Waals surface area (Å²) in [6.45, 7) is 10.1. The topological polar surface area (TPSA) is 237 Å². The fourth-order valence-electron chi connectivity index (χ4n) is 3.94. The summed E-state index contributed by atoms with van der Waals surface area (Å²) in [7, 11) is 3.08. The van der Waals surface area contributed by atoms with Crippen molar-refractivity contribution in [2.24, 2.45) is 25.9 Å². The number of fused-ring (bicyclic) bond motifs is 2. The van der Waals surface area contributed by atoms with Crippen LogP contribution in [0.15, 0.2) is 43.4 Å². The van der Waals surface area contributed by atoms with Crippen molar-refractivity contribution in [1.29, 1.82) is 0 Å². The van der Waals surface area contributed by atoms with Gasteiger partial charge in [0, 0.05) is 44.8 Å². The molecule has 0 unspecified atom stereocenters. The van der Waals surface area contributed by atoms with Gasteiger partial charge in [0.1, 0.15) is 16.6 Å². The molecule has 0 aliphatic heterocycles. The molecule has 0 atom stereocenters. The summed E-state index contributed by atoms with van der Waals surface area (Å²) in [5.74, 6) is -0.602. The Morgan fingerprint density at radius 2 is 1.18 bits per heavy atom. The fraction of sp³-hybridized carbons (Fsp3) is 0.355. The lowest BCUT2D eigenvalue weighted by Gasteiger charge is -2.13. The molecule has 0 spiro atoms. The second-order valence-electron chi connectivity index (χ2n) is 10.9. The van der Waals surface area contributed by atoms with Gasteiger partial charge in [-0.2, -0.15) is 9.97 Å². The zero-order valence-corrected chi connectivity index (χ0v) is 28.4. The van der Waals surface area contributed by atoms with Gasteiger partial charge in [0.25, 0.3) is 22.9 Å². The third-order valence-electron chi connectivity index (χ3n) is 6.54. The van der Waals surface area contributed by atoms with Crippen molar-refractivity contribution in [1.82, 2.24) is 49.4 Å². The Morgan fingerprint density at radius 3 is 1.62 bits per heavy atom. The van der Waals surface area contributed by atoms with Crippen LogP contribution in [0.3, 0.4) is 0 Å². The minimum atomic E-state index is -0.507. The van der Waals surface area contributed by atoms with Crippen molar-refractivity contribution in [2.75, 3.05) is 0 Å². The highest BCUT2D eigenvalue weighted by Crippen LogP contribution is 2.32. The largest absolute Gasteiger partial charge is 0.505 e. The van der Waals surface area contributed by atoms with E-state index < -0.39 is 23.0 Å². The third kappa shape index (κ3) is 8.03. The van der Waals surface area contributed by atoms with Gasteiger partial charge in [-0.1, -0.05) is 45.4 Å². The monoisotopic (exact) mass is 710 g/mol. The first kappa shape index (κ1) is 38.5. The molecule has 0 aliphatic rings. The summed E-state index contributed by atoms with van der Waals surface area (Å²) in [6.07, 6.45) is 5.77. The Kier molecular flexibility index (Phi) is 12.3. The van der Waals surface area contributed by atoms with E-state index in [1.165, 1.54) is 41.0 Å². The number of esters is 1. The molecule has 0 amide bonds. The number of halogens is 1. The number of nitrogens with zero attached hydrogens (tertiary/aromatic N) is 10. The van der Waals surface area contributed by atoms with Crippen LogP contribution < -0.4 is 15.9 Å².